The molecule has 224 valence electrons. The van der Waals surface area contributed by atoms with Crippen LogP contribution in [-0.4, -0.2) is 15.0 Å². The third-order valence-corrected chi connectivity index (χ3v) is 10.3. The van der Waals surface area contributed by atoms with Crippen LogP contribution in [0.5, 0.6) is 0 Å². The van der Waals surface area contributed by atoms with E-state index in [1.54, 1.807) is 11.3 Å². The number of furan rings is 1. The third kappa shape index (κ3) is 4.25. The van der Waals surface area contributed by atoms with Gasteiger partial charge in [-0.05, 0) is 42.5 Å². The van der Waals surface area contributed by atoms with E-state index in [9.17, 15) is 0 Å². The average Bonchev–Trinajstić information content (AvgIpc) is 3.74. The standard InChI is InChI=1S/C43H25N3OS/c1-3-12-26(13-4-1)35-25-36(46-43(45-35)32-19-11-18-30-29-16-8-10-21-38(29)48-42(30)32)28-22-23-37-33(24-28)39-31-17-7-9-20-34(31)44-40(41(39)47-37)27-14-5-2-6-15-27/h1-25H. The number of thiophene rings is 1. The molecule has 0 aliphatic carbocycles. The average molecular weight is 632 g/mol. The number of pyridine rings is 1. The van der Waals surface area contributed by atoms with Crippen LogP contribution in [-0.2, 0) is 0 Å². The summed E-state index contributed by atoms with van der Waals surface area (Å²) >= 11 is 1.79. The molecular weight excluding hydrogens is 607 g/mol. The van der Waals surface area contributed by atoms with Crippen LogP contribution in [0.1, 0.15) is 0 Å². The molecule has 0 saturated heterocycles. The molecule has 0 unspecified atom stereocenters. The van der Waals surface area contributed by atoms with Gasteiger partial charge in [-0.1, -0.05) is 109 Å². The lowest BCUT2D eigenvalue weighted by Gasteiger charge is -2.10. The summed E-state index contributed by atoms with van der Waals surface area (Å²) in [5, 5.41) is 5.64. The van der Waals surface area contributed by atoms with Gasteiger partial charge in [-0.25, -0.2) is 15.0 Å². The quantitative estimate of drug-likeness (QED) is 0.194. The Bertz CT molecular complexity index is 2840. The maximum Gasteiger partial charge on any atom is 0.162 e. The van der Waals surface area contributed by atoms with E-state index in [1.165, 1.54) is 20.2 Å². The summed E-state index contributed by atoms with van der Waals surface area (Å²) < 4.78 is 9.06. The van der Waals surface area contributed by atoms with Gasteiger partial charge >= 0.3 is 0 Å². The van der Waals surface area contributed by atoms with Crippen LogP contribution in [0.2, 0.25) is 0 Å². The summed E-state index contributed by atoms with van der Waals surface area (Å²) in [7, 11) is 0. The molecule has 0 aliphatic heterocycles. The molecule has 4 aromatic heterocycles. The zero-order chi connectivity index (χ0) is 31.6. The van der Waals surface area contributed by atoms with Crippen LogP contribution in [0.3, 0.4) is 0 Å². The summed E-state index contributed by atoms with van der Waals surface area (Å²) in [5.41, 5.74) is 9.22. The third-order valence-electron chi connectivity index (χ3n) is 9.09. The molecule has 0 spiro atoms. The van der Waals surface area contributed by atoms with Gasteiger partial charge in [0.05, 0.1) is 16.9 Å². The van der Waals surface area contributed by atoms with E-state index in [4.69, 9.17) is 19.4 Å². The molecule has 0 bridgehead atoms. The number of hydrogen-bond donors (Lipinski definition) is 0. The Morgan fingerprint density at radius 1 is 0.479 bits per heavy atom. The smallest absolute Gasteiger partial charge is 0.162 e. The molecular formula is C43H25N3OS. The molecule has 0 saturated carbocycles. The molecule has 0 N–H and O–H groups in total. The van der Waals surface area contributed by atoms with E-state index >= 15 is 0 Å². The topological polar surface area (TPSA) is 51.8 Å². The predicted octanol–water partition coefficient (Wildman–Crippen LogP) is 12.0. The number of fused-ring (bicyclic) bond motifs is 8. The van der Waals surface area contributed by atoms with Gasteiger partial charge in [0.2, 0.25) is 0 Å². The van der Waals surface area contributed by atoms with E-state index < -0.39 is 0 Å². The summed E-state index contributed by atoms with van der Waals surface area (Å²) in [4.78, 5) is 15.5. The maximum atomic E-state index is 6.61. The van der Waals surface area contributed by atoms with Gasteiger partial charge in [0, 0.05) is 58.6 Å². The minimum Gasteiger partial charge on any atom is -0.454 e. The van der Waals surface area contributed by atoms with Crippen LogP contribution < -0.4 is 0 Å². The van der Waals surface area contributed by atoms with Crippen molar-refractivity contribution in [2.75, 3.05) is 0 Å². The van der Waals surface area contributed by atoms with Gasteiger partial charge in [-0.3, -0.25) is 0 Å². The Kier molecular flexibility index (Phi) is 6.01. The number of benzene rings is 6. The highest BCUT2D eigenvalue weighted by molar-refractivity contribution is 7.26. The van der Waals surface area contributed by atoms with E-state index in [2.05, 4.69) is 121 Å². The monoisotopic (exact) mass is 631 g/mol. The SMILES string of the molecule is c1ccc(-c2cc(-c3ccc4oc5c(-c6ccccc6)nc6ccccc6c5c4c3)nc(-c3cccc4c3sc3ccccc34)n2)cc1. The Hall–Kier alpha value is -6.17. The second-order valence-electron chi connectivity index (χ2n) is 12.0. The largest absolute Gasteiger partial charge is 0.454 e. The minimum atomic E-state index is 0.710. The first-order chi connectivity index (χ1) is 23.8. The molecule has 0 aliphatic rings. The van der Waals surface area contributed by atoms with Gasteiger partial charge in [0.1, 0.15) is 11.3 Å². The van der Waals surface area contributed by atoms with Crippen molar-refractivity contribution >= 4 is 64.4 Å². The molecule has 0 atom stereocenters. The van der Waals surface area contributed by atoms with Gasteiger partial charge in [0.25, 0.3) is 0 Å². The summed E-state index contributed by atoms with van der Waals surface area (Å²) in [5.74, 6) is 0.710. The normalized spacial score (nSPS) is 11.8. The van der Waals surface area contributed by atoms with Crippen LogP contribution in [0, 0.1) is 0 Å². The number of aromatic nitrogens is 3. The van der Waals surface area contributed by atoms with Crippen molar-refractivity contribution in [1.29, 1.82) is 0 Å². The van der Waals surface area contributed by atoms with Crippen molar-refractivity contribution in [3.05, 3.63) is 152 Å². The first kappa shape index (κ1) is 27.0. The highest BCUT2D eigenvalue weighted by Crippen LogP contribution is 2.42. The van der Waals surface area contributed by atoms with Gasteiger partial charge in [-0.15, -0.1) is 11.3 Å². The van der Waals surface area contributed by atoms with Crippen LogP contribution in [0.15, 0.2) is 156 Å². The first-order valence-electron chi connectivity index (χ1n) is 15.9. The lowest BCUT2D eigenvalue weighted by atomic mass is 10.0. The fourth-order valence-corrected chi connectivity index (χ4v) is 8.04. The fourth-order valence-electron chi connectivity index (χ4n) is 6.83. The van der Waals surface area contributed by atoms with Crippen molar-refractivity contribution in [3.8, 4) is 45.2 Å². The molecule has 4 heterocycles. The van der Waals surface area contributed by atoms with Gasteiger partial charge in [-0.2, -0.15) is 0 Å². The van der Waals surface area contributed by atoms with E-state index in [0.717, 1.165) is 72.2 Å². The highest BCUT2D eigenvalue weighted by atomic mass is 32.1. The Morgan fingerprint density at radius 2 is 1.17 bits per heavy atom. The molecule has 10 rings (SSSR count). The first-order valence-corrected chi connectivity index (χ1v) is 16.8. The Balaban J connectivity index is 1.23. The van der Waals surface area contributed by atoms with Crippen LogP contribution >= 0.6 is 11.3 Å². The lowest BCUT2D eigenvalue weighted by molar-refractivity contribution is 0.669. The molecule has 4 nitrogen and oxygen atoms in total. The maximum absolute atomic E-state index is 6.61. The van der Waals surface area contributed by atoms with Gasteiger partial charge in [0.15, 0.2) is 11.4 Å². The number of para-hydroxylation sites is 1. The molecule has 0 amide bonds. The Morgan fingerprint density at radius 3 is 2.00 bits per heavy atom. The van der Waals surface area contributed by atoms with Crippen molar-refractivity contribution in [2.45, 2.75) is 0 Å². The van der Waals surface area contributed by atoms with Crippen LogP contribution in [0.25, 0.3) is 98.2 Å². The van der Waals surface area contributed by atoms with Crippen molar-refractivity contribution in [1.82, 2.24) is 15.0 Å². The molecule has 10 aromatic rings. The minimum absolute atomic E-state index is 0.710. The second kappa shape index (κ2) is 10.7. The molecule has 6 aromatic carbocycles. The van der Waals surface area contributed by atoms with Crippen molar-refractivity contribution in [2.24, 2.45) is 0 Å². The fraction of sp³-hybridized carbons (Fsp3) is 0. The summed E-state index contributed by atoms with van der Waals surface area (Å²) in [6, 6.07) is 52.4. The zero-order valence-electron chi connectivity index (χ0n) is 25.6. The number of hydrogen-bond acceptors (Lipinski definition) is 5. The highest BCUT2D eigenvalue weighted by Gasteiger charge is 2.20. The van der Waals surface area contributed by atoms with E-state index in [-0.39, 0.29) is 0 Å². The molecule has 5 heteroatoms. The molecule has 0 fully saturated rings. The number of nitrogens with zero attached hydrogens (tertiary/aromatic N) is 3. The van der Waals surface area contributed by atoms with Crippen molar-refractivity contribution in [3.63, 3.8) is 0 Å². The van der Waals surface area contributed by atoms with E-state index in [1.807, 2.05) is 30.3 Å². The summed E-state index contributed by atoms with van der Waals surface area (Å²) in [6.45, 7) is 0. The number of rotatable bonds is 4. The van der Waals surface area contributed by atoms with Crippen molar-refractivity contribution < 1.29 is 4.42 Å². The van der Waals surface area contributed by atoms with E-state index in [0.29, 0.717) is 5.82 Å². The predicted molar refractivity (Wildman–Crippen MR) is 199 cm³/mol. The summed E-state index contributed by atoms with van der Waals surface area (Å²) in [6.07, 6.45) is 0. The van der Waals surface area contributed by atoms with Crippen LogP contribution in [0.4, 0.5) is 0 Å². The Labute approximate surface area is 279 Å². The zero-order valence-corrected chi connectivity index (χ0v) is 26.4. The molecule has 0 radical (unpaired) electrons. The molecule has 48 heavy (non-hydrogen) atoms. The second-order valence-corrected chi connectivity index (χ2v) is 13.0. The lowest BCUT2D eigenvalue weighted by Crippen LogP contribution is -1.96. The van der Waals surface area contributed by atoms with Gasteiger partial charge < -0.3 is 4.42 Å².